The van der Waals surface area contributed by atoms with Gasteiger partial charge < -0.3 is 10.2 Å². The van der Waals surface area contributed by atoms with E-state index < -0.39 is 0 Å². The molecule has 0 saturated heterocycles. The summed E-state index contributed by atoms with van der Waals surface area (Å²) in [5.74, 6) is 0.771. The molecule has 0 aliphatic heterocycles. The van der Waals surface area contributed by atoms with Gasteiger partial charge >= 0.3 is 0 Å². The summed E-state index contributed by atoms with van der Waals surface area (Å²) in [6, 6.07) is 27.5. The lowest BCUT2D eigenvalue weighted by Crippen LogP contribution is -2.29. The van der Waals surface area contributed by atoms with Crippen LogP contribution in [0.2, 0.25) is 5.02 Å². The fourth-order valence-electron chi connectivity index (χ4n) is 4.45. The van der Waals surface area contributed by atoms with Crippen LogP contribution in [0.1, 0.15) is 27.9 Å². The summed E-state index contributed by atoms with van der Waals surface area (Å²) in [6.07, 6.45) is 3.05. The van der Waals surface area contributed by atoms with Crippen LogP contribution in [-0.2, 0) is 6.42 Å². The number of anilines is 1. The number of carbonyl (C=O) groups is 1. The second-order valence-corrected chi connectivity index (χ2v) is 9.58. The fourth-order valence-corrected chi connectivity index (χ4v) is 4.68. The summed E-state index contributed by atoms with van der Waals surface area (Å²) in [5, 5.41) is 8.42. The average molecular weight is 520 g/mol. The van der Waals surface area contributed by atoms with Gasteiger partial charge in [-0.1, -0.05) is 78.3 Å². The van der Waals surface area contributed by atoms with Crippen molar-refractivity contribution >= 4 is 42.3 Å². The third-order valence-electron chi connectivity index (χ3n) is 6.46. The molecule has 0 fully saturated rings. The van der Waals surface area contributed by atoms with Crippen LogP contribution in [0.5, 0.6) is 0 Å². The fraction of sp³-hybridized carbons (Fsp3) is 0.167. The number of rotatable bonds is 9. The van der Waals surface area contributed by atoms with Crippen LogP contribution in [0.25, 0.3) is 16.9 Å². The quantitative estimate of drug-likeness (QED) is 0.220. The van der Waals surface area contributed by atoms with Gasteiger partial charge in [-0.3, -0.25) is 4.79 Å². The summed E-state index contributed by atoms with van der Waals surface area (Å²) >= 11 is 6.42. The number of nitrogens with one attached hydrogen (secondary N) is 1. The lowest BCUT2D eigenvalue weighted by Gasteiger charge is -2.19. The van der Waals surface area contributed by atoms with Crippen molar-refractivity contribution in [2.24, 2.45) is 0 Å². The monoisotopic (exact) mass is 519 g/mol. The first-order valence-corrected chi connectivity index (χ1v) is 12.9. The Hall–Kier alpha value is -4.10. The van der Waals surface area contributed by atoms with Gasteiger partial charge in [-0.05, 0) is 41.6 Å². The molecule has 2 radical (unpaired) electrons. The maximum Gasteiger partial charge on any atom is 0.253 e. The molecule has 3 aromatic carbocycles. The van der Waals surface area contributed by atoms with Crippen molar-refractivity contribution in [1.29, 1.82) is 0 Å². The highest BCUT2D eigenvalue weighted by Crippen LogP contribution is 2.28. The number of hydrogen-bond acceptors (Lipinski definition) is 4. The Kier molecular flexibility index (Phi) is 7.75. The summed E-state index contributed by atoms with van der Waals surface area (Å²) < 4.78 is 1.68. The van der Waals surface area contributed by atoms with Crippen molar-refractivity contribution in [3.05, 3.63) is 113 Å². The Bertz CT molecular complexity index is 1570. The van der Waals surface area contributed by atoms with E-state index in [2.05, 4.69) is 27.5 Å². The SMILES string of the molecule is [B]c1cnn2c(NCCCN(C)C(=O)c3ccccc3Cc3ccccc3)cc(-c3ccccc3Cl)nc12. The molecule has 6 nitrogen and oxygen atoms in total. The Balaban J connectivity index is 1.25. The molecular formula is C30H27BClN5O. The molecule has 0 atom stereocenters. The highest BCUT2D eigenvalue weighted by molar-refractivity contribution is 6.36. The lowest BCUT2D eigenvalue weighted by atomic mass is 9.99. The van der Waals surface area contributed by atoms with Gasteiger partial charge in [-0.25, -0.2) is 4.98 Å². The molecule has 0 saturated carbocycles. The molecule has 0 aliphatic rings. The molecule has 5 aromatic rings. The second kappa shape index (κ2) is 11.5. The third-order valence-corrected chi connectivity index (χ3v) is 6.79. The molecule has 0 bridgehead atoms. The normalized spacial score (nSPS) is 11.0. The first-order chi connectivity index (χ1) is 18.5. The highest BCUT2D eigenvalue weighted by atomic mass is 35.5. The minimum Gasteiger partial charge on any atom is -0.370 e. The number of amides is 1. The van der Waals surface area contributed by atoms with Gasteiger partial charge in [0.25, 0.3) is 5.91 Å². The predicted octanol–water partition coefficient (Wildman–Crippen LogP) is 5.01. The number of nitrogens with zero attached hydrogens (tertiary/aromatic N) is 4. The Morgan fingerprint density at radius 2 is 1.76 bits per heavy atom. The van der Waals surface area contributed by atoms with Crippen molar-refractivity contribution in [1.82, 2.24) is 19.5 Å². The first-order valence-electron chi connectivity index (χ1n) is 12.5. The molecule has 0 aliphatic carbocycles. The van der Waals surface area contributed by atoms with Gasteiger partial charge in [0, 0.05) is 48.5 Å². The van der Waals surface area contributed by atoms with Crippen LogP contribution in [0, 0.1) is 0 Å². The highest BCUT2D eigenvalue weighted by Gasteiger charge is 2.16. The van der Waals surface area contributed by atoms with Crippen LogP contribution >= 0.6 is 11.6 Å². The molecule has 0 spiro atoms. The standard InChI is InChI=1S/C30H27BClN5O/c1-36(30(38)23-13-6-5-12-22(23)18-21-10-3-2-4-11-21)17-9-16-33-28-19-27(24-14-7-8-15-26(24)32)35-29-25(31)20-34-37(28)29/h2-8,10-15,19-20,33H,9,16-18H2,1H3. The molecule has 2 aromatic heterocycles. The zero-order valence-electron chi connectivity index (χ0n) is 21.1. The minimum absolute atomic E-state index is 0.0173. The van der Waals surface area contributed by atoms with E-state index in [-0.39, 0.29) is 5.91 Å². The summed E-state index contributed by atoms with van der Waals surface area (Å²) in [5.41, 5.74) is 5.52. The topological polar surface area (TPSA) is 62.5 Å². The second-order valence-electron chi connectivity index (χ2n) is 9.17. The maximum atomic E-state index is 13.3. The van der Waals surface area contributed by atoms with Crippen molar-refractivity contribution in [2.45, 2.75) is 12.8 Å². The van der Waals surface area contributed by atoms with Gasteiger partial charge in [-0.15, -0.1) is 0 Å². The van der Waals surface area contributed by atoms with Gasteiger partial charge in [0.15, 0.2) is 5.65 Å². The molecule has 1 N–H and O–H groups in total. The van der Waals surface area contributed by atoms with Crippen LogP contribution in [0.3, 0.4) is 0 Å². The number of benzene rings is 3. The lowest BCUT2D eigenvalue weighted by molar-refractivity contribution is 0.0793. The maximum absolute atomic E-state index is 13.3. The van der Waals surface area contributed by atoms with E-state index in [1.165, 1.54) is 5.56 Å². The largest absolute Gasteiger partial charge is 0.370 e. The van der Waals surface area contributed by atoms with Crippen LogP contribution in [0.15, 0.2) is 91.1 Å². The smallest absolute Gasteiger partial charge is 0.253 e. The van der Waals surface area contributed by atoms with E-state index in [1.54, 1.807) is 15.6 Å². The molecule has 1 amide bonds. The zero-order valence-corrected chi connectivity index (χ0v) is 21.9. The number of aromatic nitrogens is 3. The van der Waals surface area contributed by atoms with Gasteiger partial charge in [-0.2, -0.15) is 9.61 Å². The Morgan fingerprint density at radius 1 is 1.03 bits per heavy atom. The zero-order chi connectivity index (χ0) is 26.5. The van der Waals surface area contributed by atoms with Crippen LogP contribution < -0.4 is 10.8 Å². The van der Waals surface area contributed by atoms with E-state index in [0.29, 0.717) is 34.9 Å². The van der Waals surface area contributed by atoms with Crippen molar-refractivity contribution < 1.29 is 4.79 Å². The summed E-state index contributed by atoms with van der Waals surface area (Å²) in [4.78, 5) is 19.7. The Labute approximate surface area is 228 Å². The number of hydrogen-bond donors (Lipinski definition) is 1. The van der Waals surface area contributed by atoms with E-state index >= 15 is 0 Å². The third kappa shape index (κ3) is 5.58. The first kappa shape index (κ1) is 25.6. The minimum atomic E-state index is 0.0173. The van der Waals surface area contributed by atoms with Gasteiger partial charge in [0.2, 0.25) is 0 Å². The van der Waals surface area contributed by atoms with Crippen LogP contribution in [-0.4, -0.2) is 53.4 Å². The van der Waals surface area contributed by atoms with Gasteiger partial charge in [0.05, 0.1) is 5.69 Å². The van der Waals surface area contributed by atoms with E-state index in [9.17, 15) is 4.79 Å². The molecular weight excluding hydrogens is 493 g/mol. The summed E-state index contributed by atoms with van der Waals surface area (Å²) in [7, 11) is 7.97. The number of carbonyl (C=O) groups excluding carboxylic acids is 1. The van der Waals surface area contributed by atoms with Crippen molar-refractivity contribution in [2.75, 3.05) is 25.5 Å². The average Bonchev–Trinajstić information content (AvgIpc) is 3.32. The van der Waals surface area contributed by atoms with E-state index in [0.717, 1.165) is 35.3 Å². The molecule has 2 heterocycles. The molecule has 38 heavy (non-hydrogen) atoms. The van der Waals surface area contributed by atoms with Crippen LogP contribution in [0.4, 0.5) is 5.82 Å². The van der Waals surface area contributed by atoms with E-state index in [4.69, 9.17) is 19.4 Å². The number of fused-ring (bicyclic) bond motifs is 1. The molecule has 5 rings (SSSR count). The van der Waals surface area contributed by atoms with Gasteiger partial charge in [0.1, 0.15) is 13.7 Å². The predicted molar refractivity (Wildman–Crippen MR) is 155 cm³/mol. The molecule has 8 heteroatoms. The number of halogens is 1. The molecule has 0 unspecified atom stereocenters. The van der Waals surface area contributed by atoms with Crippen molar-refractivity contribution in [3.8, 4) is 11.3 Å². The Morgan fingerprint density at radius 3 is 2.58 bits per heavy atom. The summed E-state index contributed by atoms with van der Waals surface area (Å²) in [6.45, 7) is 1.22. The van der Waals surface area contributed by atoms with Crippen molar-refractivity contribution in [3.63, 3.8) is 0 Å². The molecule has 188 valence electrons. The van der Waals surface area contributed by atoms with E-state index in [1.807, 2.05) is 79.8 Å².